The van der Waals surface area contributed by atoms with Crippen LogP contribution in [0.2, 0.25) is 0 Å². The highest BCUT2D eigenvalue weighted by atomic mass is 16.5. The van der Waals surface area contributed by atoms with Crippen molar-refractivity contribution in [3.63, 3.8) is 0 Å². The maximum atomic E-state index is 5.54. The standard InChI is InChI=1S/C11H16NO/c1-9-4-5-10-6-7-11(2,13-3)12(10)8-9/h4-5,8H,6-7H2,1-3H3/q+1. The van der Waals surface area contributed by atoms with E-state index in [0.29, 0.717) is 0 Å². The Kier molecular flexibility index (Phi) is 1.88. The van der Waals surface area contributed by atoms with Gasteiger partial charge in [0.15, 0.2) is 11.9 Å². The normalized spacial score (nSPS) is 26.1. The molecule has 0 spiro atoms. The van der Waals surface area contributed by atoms with E-state index in [1.807, 2.05) is 0 Å². The van der Waals surface area contributed by atoms with Crippen LogP contribution >= 0.6 is 0 Å². The molecule has 2 nitrogen and oxygen atoms in total. The van der Waals surface area contributed by atoms with Gasteiger partial charge in [0.25, 0.3) is 5.72 Å². The van der Waals surface area contributed by atoms with Crippen LogP contribution in [0.25, 0.3) is 0 Å². The molecule has 0 aromatic carbocycles. The lowest BCUT2D eigenvalue weighted by atomic mass is 10.2. The number of methoxy groups -OCH3 is 1. The van der Waals surface area contributed by atoms with Crippen LogP contribution in [0.5, 0.6) is 0 Å². The average molecular weight is 178 g/mol. The van der Waals surface area contributed by atoms with Crippen molar-refractivity contribution in [2.45, 2.75) is 32.4 Å². The predicted molar refractivity (Wildman–Crippen MR) is 50.4 cm³/mol. The first-order valence-corrected chi connectivity index (χ1v) is 4.72. The highest BCUT2D eigenvalue weighted by Crippen LogP contribution is 2.24. The molecule has 13 heavy (non-hydrogen) atoms. The minimum absolute atomic E-state index is 0.124. The summed E-state index contributed by atoms with van der Waals surface area (Å²) in [6, 6.07) is 4.35. The molecule has 0 bridgehead atoms. The first-order chi connectivity index (χ1) is 6.15. The van der Waals surface area contributed by atoms with Crippen LogP contribution in [-0.4, -0.2) is 7.11 Å². The van der Waals surface area contributed by atoms with Gasteiger partial charge in [0, 0.05) is 38.5 Å². The summed E-state index contributed by atoms with van der Waals surface area (Å²) in [6.45, 7) is 4.25. The Morgan fingerprint density at radius 2 is 2.23 bits per heavy atom. The predicted octanol–water partition coefficient (Wildman–Crippen LogP) is 1.55. The first kappa shape index (κ1) is 8.70. The number of ether oxygens (including phenoxy) is 1. The molecule has 0 radical (unpaired) electrons. The minimum Gasteiger partial charge on any atom is -0.322 e. The van der Waals surface area contributed by atoms with Crippen molar-refractivity contribution in [1.29, 1.82) is 0 Å². The number of hydrogen-bond donors (Lipinski definition) is 0. The number of rotatable bonds is 1. The van der Waals surface area contributed by atoms with Crippen LogP contribution in [0.1, 0.15) is 24.6 Å². The van der Waals surface area contributed by atoms with Crippen molar-refractivity contribution >= 4 is 0 Å². The third kappa shape index (κ3) is 1.25. The van der Waals surface area contributed by atoms with Crippen LogP contribution < -0.4 is 4.57 Å². The molecule has 70 valence electrons. The van der Waals surface area contributed by atoms with Gasteiger partial charge >= 0.3 is 0 Å². The molecule has 1 atom stereocenters. The second-order valence-corrected chi connectivity index (χ2v) is 3.95. The molecule has 2 rings (SSSR count). The van der Waals surface area contributed by atoms with Gasteiger partial charge in [-0.2, -0.15) is 4.57 Å². The Morgan fingerprint density at radius 3 is 2.92 bits per heavy atom. The summed E-state index contributed by atoms with van der Waals surface area (Å²) in [5, 5.41) is 0. The Balaban J connectivity index is 2.52. The van der Waals surface area contributed by atoms with E-state index in [-0.39, 0.29) is 5.72 Å². The average Bonchev–Trinajstić information content (AvgIpc) is 2.45. The number of fused-ring (bicyclic) bond motifs is 1. The van der Waals surface area contributed by atoms with Gasteiger partial charge in [-0.25, -0.2) is 0 Å². The second kappa shape index (κ2) is 2.81. The van der Waals surface area contributed by atoms with Gasteiger partial charge in [0.1, 0.15) is 0 Å². The fraction of sp³-hybridized carbons (Fsp3) is 0.545. The van der Waals surface area contributed by atoms with Crippen LogP contribution in [0.15, 0.2) is 18.3 Å². The number of aromatic nitrogens is 1. The maximum Gasteiger partial charge on any atom is 0.269 e. The van der Waals surface area contributed by atoms with Crippen LogP contribution in [0.4, 0.5) is 0 Å². The summed E-state index contributed by atoms with van der Waals surface area (Å²) in [5.74, 6) is 0. The molecule has 0 aliphatic carbocycles. The van der Waals surface area contributed by atoms with E-state index in [9.17, 15) is 0 Å². The fourth-order valence-electron chi connectivity index (χ4n) is 1.96. The Bertz CT molecular complexity index is 335. The lowest BCUT2D eigenvalue weighted by Crippen LogP contribution is -2.53. The lowest BCUT2D eigenvalue weighted by molar-refractivity contribution is -0.796. The highest BCUT2D eigenvalue weighted by Gasteiger charge is 2.42. The summed E-state index contributed by atoms with van der Waals surface area (Å²) in [5.41, 5.74) is 2.53. The lowest BCUT2D eigenvalue weighted by Gasteiger charge is -2.16. The zero-order chi connectivity index (χ0) is 9.47. The molecular weight excluding hydrogens is 162 g/mol. The van der Waals surface area contributed by atoms with E-state index in [0.717, 1.165) is 12.8 Å². The van der Waals surface area contributed by atoms with Crippen molar-refractivity contribution in [2.75, 3.05) is 7.11 Å². The quantitative estimate of drug-likeness (QED) is 0.595. The highest BCUT2D eigenvalue weighted by molar-refractivity contribution is 5.09. The van der Waals surface area contributed by atoms with Crippen LogP contribution in [-0.2, 0) is 16.9 Å². The number of hydrogen-bond acceptors (Lipinski definition) is 1. The Morgan fingerprint density at radius 1 is 1.46 bits per heavy atom. The Hall–Kier alpha value is -0.890. The molecule has 1 aliphatic heterocycles. The molecule has 0 fully saturated rings. The molecular formula is C11H16NO+. The van der Waals surface area contributed by atoms with E-state index in [1.165, 1.54) is 11.3 Å². The minimum atomic E-state index is -0.124. The summed E-state index contributed by atoms with van der Waals surface area (Å²) in [4.78, 5) is 0. The zero-order valence-electron chi connectivity index (χ0n) is 8.50. The SMILES string of the molecule is COC1(C)CCc2ccc(C)c[n+]21. The van der Waals surface area contributed by atoms with Gasteiger partial charge in [0.2, 0.25) is 0 Å². The summed E-state index contributed by atoms with van der Waals surface area (Å²) in [6.07, 6.45) is 4.36. The molecule has 2 heterocycles. The van der Waals surface area contributed by atoms with Gasteiger partial charge in [-0.1, -0.05) is 0 Å². The van der Waals surface area contributed by atoms with Crippen LogP contribution in [0, 0.1) is 6.92 Å². The smallest absolute Gasteiger partial charge is 0.269 e. The third-order valence-electron chi connectivity index (χ3n) is 2.98. The molecule has 2 heteroatoms. The molecule has 0 saturated carbocycles. The van der Waals surface area contributed by atoms with Crippen molar-refractivity contribution in [3.8, 4) is 0 Å². The molecule has 0 amide bonds. The number of nitrogens with zero attached hydrogens (tertiary/aromatic N) is 1. The van der Waals surface area contributed by atoms with Crippen molar-refractivity contribution in [1.82, 2.24) is 0 Å². The topological polar surface area (TPSA) is 13.1 Å². The first-order valence-electron chi connectivity index (χ1n) is 4.72. The molecule has 0 saturated heterocycles. The zero-order valence-corrected chi connectivity index (χ0v) is 8.50. The van der Waals surface area contributed by atoms with E-state index in [4.69, 9.17) is 4.74 Å². The second-order valence-electron chi connectivity index (χ2n) is 3.95. The summed E-state index contributed by atoms with van der Waals surface area (Å²) in [7, 11) is 1.78. The van der Waals surface area contributed by atoms with E-state index < -0.39 is 0 Å². The molecule has 0 N–H and O–H groups in total. The van der Waals surface area contributed by atoms with Crippen molar-refractivity contribution in [2.24, 2.45) is 0 Å². The van der Waals surface area contributed by atoms with Gasteiger partial charge < -0.3 is 4.74 Å². The third-order valence-corrected chi connectivity index (χ3v) is 2.98. The van der Waals surface area contributed by atoms with E-state index in [2.05, 4.69) is 36.7 Å². The molecule has 1 aromatic rings. The van der Waals surface area contributed by atoms with E-state index in [1.54, 1.807) is 7.11 Å². The van der Waals surface area contributed by atoms with Crippen molar-refractivity contribution < 1.29 is 9.30 Å². The monoisotopic (exact) mass is 178 g/mol. The summed E-state index contributed by atoms with van der Waals surface area (Å²) < 4.78 is 7.80. The molecule has 1 aliphatic rings. The maximum absolute atomic E-state index is 5.54. The number of aryl methyl sites for hydroxylation is 2. The molecule has 1 unspecified atom stereocenters. The summed E-state index contributed by atoms with van der Waals surface area (Å²) >= 11 is 0. The molecule has 1 aromatic heterocycles. The fourth-order valence-corrected chi connectivity index (χ4v) is 1.96. The Labute approximate surface area is 79.2 Å². The van der Waals surface area contributed by atoms with Gasteiger partial charge in [-0.3, -0.25) is 0 Å². The van der Waals surface area contributed by atoms with Gasteiger partial charge in [-0.15, -0.1) is 0 Å². The largest absolute Gasteiger partial charge is 0.322 e. The van der Waals surface area contributed by atoms with E-state index >= 15 is 0 Å². The van der Waals surface area contributed by atoms with Crippen LogP contribution in [0.3, 0.4) is 0 Å². The number of pyridine rings is 1. The van der Waals surface area contributed by atoms with Gasteiger partial charge in [0.05, 0.1) is 0 Å². The van der Waals surface area contributed by atoms with Crippen molar-refractivity contribution in [3.05, 3.63) is 29.6 Å². The van der Waals surface area contributed by atoms with Gasteiger partial charge in [-0.05, 0) is 13.0 Å².